The van der Waals surface area contributed by atoms with E-state index in [1.165, 1.54) is 125 Å². The van der Waals surface area contributed by atoms with E-state index in [-0.39, 0.29) is 37.9 Å². The standard InChI is InChI=1S/C63H67BN3Se/c1-36(2)43-22-18-23-44(37(3)4)57(43)67-59-46(24-19-25-52(59)65(15)60(67)45-21-17-16-20-38(45)5)39-30-53-56-55(31-39)68-54-29-27-41(62(9,10)11)34-49(54)64(56)50-35-42(63(12,13)14)33-48-47-32-40(61(6,7)8)26-28-51(47)66(53)58(48)50/h16-37H,1-15H3/q+1. The number of fused-ring (bicyclic) bond motifs is 8. The molecule has 0 amide bonds. The molecule has 11 rings (SSSR count). The molecule has 3 nitrogen and oxygen atoms in total. The topological polar surface area (TPSA) is 13.7 Å². The number of hydrogen-bond donors (Lipinski definition) is 0. The zero-order valence-corrected chi connectivity index (χ0v) is 44.7. The third-order valence-electron chi connectivity index (χ3n) is 15.4. The van der Waals surface area contributed by atoms with Crippen molar-refractivity contribution in [1.29, 1.82) is 0 Å². The normalized spacial score (nSPS) is 13.7. The molecule has 7 aromatic carbocycles. The van der Waals surface area contributed by atoms with Crippen LogP contribution in [0.4, 0.5) is 0 Å². The van der Waals surface area contributed by atoms with Crippen molar-refractivity contribution in [2.45, 2.75) is 125 Å². The second kappa shape index (κ2) is 15.4. The van der Waals surface area contributed by atoms with Crippen LogP contribution in [0.3, 0.4) is 0 Å². The van der Waals surface area contributed by atoms with Gasteiger partial charge in [0.25, 0.3) is 0 Å². The van der Waals surface area contributed by atoms with Gasteiger partial charge in [-0.15, -0.1) is 0 Å². The fraction of sp³-hybridized carbons (Fsp3) is 0.317. The van der Waals surface area contributed by atoms with Gasteiger partial charge in [-0.05, 0) is 0 Å². The van der Waals surface area contributed by atoms with E-state index in [0.29, 0.717) is 11.8 Å². The van der Waals surface area contributed by atoms with Crippen LogP contribution in [-0.2, 0) is 23.3 Å². The van der Waals surface area contributed by atoms with Crippen LogP contribution >= 0.6 is 0 Å². The maximum atomic E-state index is 2.69. The van der Waals surface area contributed by atoms with Gasteiger partial charge in [-0.2, -0.15) is 0 Å². The summed E-state index contributed by atoms with van der Waals surface area (Å²) in [7, 11) is 2.28. The molecular formula is C63H67BN3Se+. The Labute approximate surface area is 411 Å². The van der Waals surface area contributed by atoms with Crippen LogP contribution in [0.25, 0.3) is 66.7 Å². The Morgan fingerprint density at radius 2 is 1.15 bits per heavy atom. The third-order valence-corrected chi connectivity index (χ3v) is 17.8. The Morgan fingerprint density at radius 3 is 1.81 bits per heavy atom. The summed E-state index contributed by atoms with van der Waals surface area (Å²) in [6, 6.07) is 48.2. The van der Waals surface area contributed by atoms with Crippen molar-refractivity contribution in [3.63, 3.8) is 0 Å². The van der Waals surface area contributed by atoms with Gasteiger partial charge in [0, 0.05) is 0 Å². The minimum atomic E-state index is -0.0209. The predicted octanol–water partition coefficient (Wildman–Crippen LogP) is 12.1. The minimum absolute atomic E-state index is 0.0201. The number of aromatic nitrogens is 3. The molecule has 0 saturated carbocycles. The summed E-state index contributed by atoms with van der Waals surface area (Å²) in [4.78, 5) is 0. The van der Waals surface area contributed by atoms with Gasteiger partial charge in [0.15, 0.2) is 0 Å². The molecule has 0 aliphatic carbocycles. The van der Waals surface area contributed by atoms with Crippen molar-refractivity contribution in [3.8, 4) is 33.9 Å². The fourth-order valence-electron chi connectivity index (χ4n) is 11.6. The van der Waals surface area contributed by atoms with Gasteiger partial charge < -0.3 is 0 Å². The summed E-state index contributed by atoms with van der Waals surface area (Å²) in [6.07, 6.45) is 0. The molecule has 68 heavy (non-hydrogen) atoms. The molecule has 2 aliphatic rings. The van der Waals surface area contributed by atoms with Gasteiger partial charge in [-0.25, -0.2) is 0 Å². The van der Waals surface area contributed by atoms with Crippen LogP contribution in [0.1, 0.15) is 135 Å². The summed E-state index contributed by atoms with van der Waals surface area (Å²) in [5.74, 6) is 1.87. The quantitative estimate of drug-likeness (QED) is 0.121. The first-order valence-electron chi connectivity index (χ1n) is 25.0. The summed E-state index contributed by atoms with van der Waals surface area (Å²) < 4.78 is 10.8. The van der Waals surface area contributed by atoms with Crippen molar-refractivity contribution in [3.05, 3.63) is 155 Å². The maximum absolute atomic E-state index is 2.69. The number of para-hydroxylation sites is 2. The Balaban J connectivity index is 1.30. The Bertz CT molecular complexity index is 3550. The van der Waals surface area contributed by atoms with Crippen LogP contribution in [0.2, 0.25) is 0 Å². The molecular weight excluding hydrogens is 888 g/mol. The fourth-order valence-corrected chi connectivity index (χ4v) is 14.0. The summed E-state index contributed by atoms with van der Waals surface area (Å²) in [5, 5.41) is 2.72. The van der Waals surface area contributed by atoms with Crippen LogP contribution in [-0.4, -0.2) is 30.8 Å². The van der Waals surface area contributed by atoms with Crippen molar-refractivity contribution < 1.29 is 4.57 Å². The predicted molar refractivity (Wildman–Crippen MR) is 295 cm³/mol. The van der Waals surface area contributed by atoms with Crippen LogP contribution in [0.15, 0.2) is 121 Å². The molecule has 0 unspecified atom stereocenters. The number of imidazole rings is 1. The summed E-state index contributed by atoms with van der Waals surface area (Å²) in [5.41, 5.74) is 24.3. The summed E-state index contributed by atoms with van der Waals surface area (Å²) in [6.45, 7) is 33.1. The SMILES string of the molecule is Cc1ccccc1-c1n(-c2c(C(C)C)cccc2C(C)C)c2c(-c3cc4c5c(c3)-n3c6ccc(C(C)(C)C)cc6c6cc(C(C)(C)C)cc(c63)B5c3cc(C(C)(C)C)ccc3[Se]4)cccc2[n+]1C. The Kier molecular flexibility index (Phi) is 10.2. The van der Waals surface area contributed by atoms with E-state index in [2.05, 4.69) is 239 Å². The van der Waals surface area contributed by atoms with Gasteiger partial charge in [-0.3, -0.25) is 0 Å². The van der Waals surface area contributed by atoms with Crippen LogP contribution in [0, 0.1) is 6.92 Å². The van der Waals surface area contributed by atoms with E-state index in [1.807, 2.05) is 0 Å². The molecule has 0 bridgehead atoms. The van der Waals surface area contributed by atoms with Crippen molar-refractivity contribution >= 4 is 79.8 Å². The van der Waals surface area contributed by atoms with Gasteiger partial charge in [0.05, 0.1) is 0 Å². The van der Waals surface area contributed by atoms with Crippen molar-refractivity contribution in [1.82, 2.24) is 9.13 Å². The molecule has 0 N–H and O–H groups in total. The average molecular weight is 956 g/mol. The first kappa shape index (κ1) is 44.9. The number of nitrogens with zero attached hydrogens (tertiary/aromatic N) is 3. The second-order valence-corrected chi connectivity index (χ2v) is 26.0. The molecule has 2 aliphatic heterocycles. The average Bonchev–Trinajstić information content (AvgIpc) is 3.77. The summed E-state index contributed by atoms with van der Waals surface area (Å²) >= 11 is 0.0882. The molecule has 0 spiro atoms. The van der Waals surface area contributed by atoms with Gasteiger partial charge >= 0.3 is 414 Å². The van der Waals surface area contributed by atoms with Gasteiger partial charge in [-0.1, -0.05) is 0 Å². The molecule has 0 radical (unpaired) electrons. The Hall–Kier alpha value is -5.61. The molecule has 0 fully saturated rings. The van der Waals surface area contributed by atoms with Crippen LogP contribution in [0.5, 0.6) is 0 Å². The van der Waals surface area contributed by atoms with Gasteiger partial charge in [0.2, 0.25) is 0 Å². The molecule has 2 aromatic heterocycles. The molecule has 5 heteroatoms. The first-order chi connectivity index (χ1) is 32.1. The van der Waals surface area contributed by atoms with E-state index in [0.717, 1.165) is 0 Å². The Morgan fingerprint density at radius 1 is 0.544 bits per heavy atom. The van der Waals surface area contributed by atoms with Gasteiger partial charge in [0.1, 0.15) is 0 Å². The van der Waals surface area contributed by atoms with E-state index in [9.17, 15) is 0 Å². The van der Waals surface area contributed by atoms with E-state index in [1.54, 1.807) is 0 Å². The zero-order chi connectivity index (χ0) is 48.1. The number of benzene rings is 7. The van der Waals surface area contributed by atoms with E-state index in [4.69, 9.17) is 0 Å². The van der Waals surface area contributed by atoms with E-state index >= 15 is 0 Å². The third kappa shape index (κ3) is 6.77. The number of aryl methyl sites for hydroxylation is 2. The van der Waals surface area contributed by atoms with E-state index < -0.39 is 0 Å². The molecule has 9 aromatic rings. The molecule has 4 heterocycles. The molecule has 0 saturated heterocycles. The van der Waals surface area contributed by atoms with Crippen molar-refractivity contribution in [2.24, 2.45) is 7.05 Å². The first-order valence-corrected chi connectivity index (χ1v) is 26.7. The zero-order valence-electron chi connectivity index (χ0n) is 43.0. The number of rotatable bonds is 5. The number of hydrogen-bond acceptors (Lipinski definition) is 0. The van der Waals surface area contributed by atoms with Crippen LogP contribution < -0.4 is 29.9 Å². The second-order valence-electron chi connectivity index (χ2n) is 23.8. The molecule has 342 valence electrons. The van der Waals surface area contributed by atoms with Crippen molar-refractivity contribution in [2.75, 3.05) is 0 Å². The monoisotopic (exact) mass is 956 g/mol. The molecule has 0 atom stereocenters.